The number of nitrogens with zero attached hydrogens (tertiary/aromatic N) is 2. The zero-order valence-corrected chi connectivity index (χ0v) is 11.1. The summed E-state index contributed by atoms with van der Waals surface area (Å²) >= 11 is 0. The molecule has 0 unspecified atom stereocenters. The summed E-state index contributed by atoms with van der Waals surface area (Å²) in [6, 6.07) is 5.56. The molecular formula is C14H17N3O2. The molecule has 2 rings (SSSR count). The monoisotopic (exact) mass is 259 g/mol. The Kier molecular flexibility index (Phi) is 4.30. The minimum atomic E-state index is 0.593. The predicted octanol–water partition coefficient (Wildman–Crippen LogP) is 1.66. The summed E-state index contributed by atoms with van der Waals surface area (Å²) in [5.41, 5.74) is 7.38. The maximum atomic E-state index is 5.50. The van der Waals surface area contributed by atoms with Gasteiger partial charge in [-0.3, -0.25) is 0 Å². The van der Waals surface area contributed by atoms with Gasteiger partial charge in [-0.25, -0.2) is 9.97 Å². The Morgan fingerprint density at radius 2 is 1.58 bits per heavy atom. The van der Waals surface area contributed by atoms with Crippen LogP contribution in [-0.4, -0.2) is 30.7 Å². The summed E-state index contributed by atoms with van der Waals surface area (Å²) in [7, 11) is 3.23. The highest BCUT2D eigenvalue weighted by molar-refractivity contribution is 5.60. The van der Waals surface area contributed by atoms with E-state index in [0.29, 0.717) is 23.9 Å². The molecule has 100 valence electrons. The molecule has 2 N–H and O–H groups in total. The van der Waals surface area contributed by atoms with Gasteiger partial charge in [0, 0.05) is 24.0 Å². The molecule has 0 fully saturated rings. The van der Waals surface area contributed by atoms with Gasteiger partial charge in [-0.2, -0.15) is 0 Å². The van der Waals surface area contributed by atoms with E-state index < -0.39 is 0 Å². The Morgan fingerprint density at radius 1 is 1.00 bits per heavy atom. The van der Waals surface area contributed by atoms with Gasteiger partial charge in [0.1, 0.15) is 11.5 Å². The van der Waals surface area contributed by atoms with Crippen LogP contribution in [0.4, 0.5) is 0 Å². The van der Waals surface area contributed by atoms with Gasteiger partial charge in [0.2, 0.25) is 0 Å². The Hall–Kier alpha value is -2.14. The average Bonchev–Trinajstić information content (AvgIpc) is 2.47. The fourth-order valence-corrected chi connectivity index (χ4v) is 1.74. The maximum Gasteiger partial charge on any atom is 0.159 e. The van der Waals surface area contributed by atoms with Crippen LogP contribution in [0.5, 0.6) is 11.5 Å². The van der Waals surface area contributed by atoms with E-state index in [1.807, 2.05) is 18.2 Å². The molecule has 0 aliphatic rings. The summed E-state index contributed by atoms with van der Waals surface area (Å²) in [5.74, 6) is 2.06. The van der Waals surface area contributed by atoms with Gasteiger partial charge in [-0.1, -0.05) is 0 Å². The molecule has 0 aliphatic carbocycles. The molecule has 0 atom stereocenters. The molecular weight excluding hydrogens is 242 g/mol. The Morgan fingerprint density at radius 3 is 2.05 bits per heavy atom. The third-order valence-electron chi connectivity index (χ3n) is 2.75. The molecule has 5 nitrogen and oxygen atoms in total. The second-order valence-electron chi connectivity index (χ2n) is 4.05. The Bertz CT molecular complexity index is 519. The van der Waals surface area contributed by atoms with E-state index in [0.717, 1.165) is 17.5 Å². The molecule has 1 aromatic carbocycles. The van der Waals surface area contributed by atoms with Crippen molar-refractivity contribution < 1.29 is 9.47 Å². The van der Waals surface area contributed by atoms with Gasteiger partial charge in [-0.15, -0.1) is 0 Å². The number of methoxy groups -OCH3 is 2. The van der Waals surface area contributed by atoms with E-state index in [-0.39, 0.29) is 0 Å². The fraction of sp³-hybridized carbons (Fsp3) is 0.286. The molecule has 0 saturated heterocycles. The van der Waals surface area contributed by atoms with Crippen molar-refractivity contribution in [2.24, 2.45) is 5.73 Å². The third kappa shape index (κ3) is 3.20. The van der Waals surface area contributed by atoms with Crippen molar-refractivity contribution in [2.75, 3.05) is 20.8 Å². The van der Waals surface area contributed by atoms with Crippen LogP contribution >= 0.6 is 0 Å². The van der Waals surface area contributed by atoms with Crippen molar-refractivity contribution in [2.45, 2.75) is 6.42 Å². The van der Waals surface area contributed by atoms with E-state index in [9.17, 15) is 0 Å². The standard InChI is InChI=1S/C14H17N3O2/c1-18-12-5-11(6-13(7-12)19-2)14-16-8-10(3-4-15)9-17-14/h5-9H,3-4,15H2,1-2H3. The van der Waals surface area contributed by atoms with Crippen molar-refractivity contribution in [3.63, 3.8) is 0 Å². The first-order chi connectivity index (χ1) is 9.26. The highest BCUT2D eigenvalue weighted by Gasteiger charge is 2.06. The van der Waals surface area contributed by atoms with Crippen LogP contribution in [0.3, 0.4) is 0 Å². The number of benzene rings is 1. The zero-order valence-electron chi connectivity index (χ0n) is 11.1. The van der Waals surface area contributed by atoms with Gasteiger partial charge >= 0.3 is 0 Å². The summed E-state index contributed by atoms with van der Waals surface area (Å²) in [6.45, 7) is 0.593. The normalized spacial score (nSPS) is 10.3. The Balaban J connectivity index is 2.34. The highest BCUT2D eigenvalue weighted by atomic mass is 16.5. The quantitative estimate of drug-likeness (QED) is 0.884. The topological polar surface area (TPSA) is 70.3 Å². The van der Waals surface area contributed by atoms with E-state index in [4.69, 9.17) is 15.2 Å². The summed E-state index contributed by atoms with van der Waals surface area (Å²) in [6.07, 6.45) is 4.37. The van der Waals surface area contributed by atoms with E-state index in [1.54, 1.807) is 26.6 Å². The lowest BCUT2D eigenvalue weighted by atomic mass is 10.1. The van der Waals surface area contributed by atoms with E-state index >= 15 is 0 Å². The molecule has 19 heavy (non-hydrogen) atoms. The lowest BCUT2D eigenvalue weighted by Gasteiger charge is -2.08. The Labute approximate surface area is 112 Å². The molecule has 0 bridgehead atoms. The first-order valence-corrected chi connectivity index (χ1v) is 6.01. The van der Waals surface area contributed by atoms with Crippen LogP contribution in [0.25, 0.3) is 11.4 Å². The van der Waals surface area contributed by atoms with Crippen LogP contribution < -0.4 is 15.2 Å². The number of hydrogen-bond acceptors (Lipinski definition) is 5. The minimum absolute atomic E-state index is 0.593. The molecule has 2 aromatic rings. The van der Waals surface area contributed by atoms with Gasteiger partial charge in [0.05, 0.1) is 14.2 Å². The predicted molar refractivity (Wildman–Crippen MR) is 73.3 cm³/mol. The maximum absolute atomic E-state index is 5.50. The fourth-order valence-electron chi connectivity index (χ4n) is 1.74. The average molecular weight is 259 g/mol. The van der Waals surface area contributed by atoms with Crippen LogP contribution in [0.15, 0.2) is 30.6 Å². The lowest BCUT2D eigenvalue weighted by Crippen LogP contribution is -2.03. The van der Waals surface area contributed by atoms with Gasteiger partial charge in [0.25, 0.3) is 0 Å². The van der Waals surface area contributed by atoms with Crippen LogP contribution in [0, 0.1) is 0 Å². The zero-order chi connectivity index (χ0) is 13.7. The summed E-state index contributed by atoms with van der Waals surface area (Å²) < 4.78 is 10.5. The van der Waals surface area contributed by atoms with Crippen molar-refractivity contribution in [3.05, 3.63) is 36.2 Å². The largest absolute Gasteiger partial charge is 0.497 e. The minimum Gasteiger partial charge on any atom is -0.497 e. The lowest BCUT2D eigenvalue weighted by molar-refractivity contribution is 0.394. The van der Waals surface area contributed by atoms with E-state index in [1.165, 1.54) is 0 Å². The first-order valence-electron chi connectivity index (χ1n) is 6.01. The highest BCUT2D eigenvalue weighted by Crippen LogP contribution is 2.27. The van der Waals surface area contributed by atoms with Crippen molar-refractivity contribution in [1.29, 1.82) is 0 Å². The van der Waals surface area contributed by atoms with Crippen LogP contribution in [0.1, 0.15) is 5.56 Å². The molecule has 1 aromatic heterocycles. The van der Waals surface area contributed by atoms with Crippen molar-refractivity contribution in [3.8, 4) is 22.9 Å². The SMILES string of the molecule is COc1cc(OC)cc(-c2ncc(CCN)cn2)c1. The molecule has 5 heteroatoms. The first kappa shape index (κ1) is 13.3. The van der Waals surface area contributed by atoms with Crippen LogP contribution in [0.2, 0.25) is 0 Å². The molecule has 0 amide bonds. The number of ether oxygens (including phenoxy) is 2. The number of rotatable bonds is 5. The van der Waals surface area contributed by atoms with Gasteiger partial charge in [-0.05, 0) is 30.7 Å². The van der Waals surface area contributed by atoms with Gasteiger partial charge in [0.15, 0.2) is 5.82 Å². The second-order valence-corrected chi connectivity index (χ2v) is 4.05. The van der Waals surface area contributed by atoms with Crippen LogP contribution in [-0.2, 0) is 6.42 Å². The molecule has 0 saturated carbocycles. The van der Waals surface area contributed by atoms with E-state index in [2.05, 4.69) is 9.97 Å². The second kappa shape index (κ2) is 6.15. The number of hydrogen-bond donors (Lipinski definition) is 1. The summed E-state index contributed by atoms with van der Waals surface area (Å²) in [4.78, 5) is 8.68. The number of nitrogens with two attached hydrogens (primary N) is 1. The third-order valence-corrected chi connectivity index (χ3v) is 2.75. The smallest absolute Gasteiger partial charge is 0.159 e. The molecule has 0 spiro atoms. The number of aromatic nitrogens is 2. The molecule has 0 aliphatic heterocycles. The summed E-state index contributed by atoms with van der Waals surface area (Å²) in [5, 5.41) is 0. The van der Waals surface area contributed by atoms with Crippen molar-refractivity contribution in [1.82, 2.24) is 9.97 Å². The molecule has 0 radical (unpaired) electrons. The van der Waals surface area contributed by atoms with Crippen molar-refractivity contribution >= 4 is 0 Å². The van der Waals surface area contributed by atoms with Gasteiger partial charge < -0.3 is 15.2 Å². The molecule has 1 heterocycles.